The molecule has 0 unspecified atom stereocenters. The van der Waals surface area contributed by atoms with Crippen molar-refractivity contribution < 1.29 is 9.59 Å². The number of pyridine rings is 2. The lowest BCUT2D eigenvalue weighted by atomic mass is 10.2. The molecular weight excluding hydrogens is 364 g/mol. The first-order chi connectivity index (χ1) is 13.1. The van der Waals surface area contributed by atoms with Crippen molar-refractivity contribution in [3.05, 3.63) is 94.5 Å². The van der Waals surface area contributed by atoms with Crippen LogP contribution in [0.2, 0.25) is 5.02 Å². The molecule has 0 bridgehead atoms. The van der Waals surface area contributed by atoms with Gasteiger partial charge in [0, 0.05) is 42.3 Å². The molecule has 0 radical (unpaired) electrons. The van der Waals surface area contributed by atoms with Crippen molar-refractivity contribution >= 4 is 23.4 Å². The third kappa shape index (κ3) is 5.12. The zero-order chi connectivity index (χ0) is 19.1. The second-order valence-electron chi connectivity index (χ2n) is 5.75. The van der Waals surface area contributed by atoms with E-state index in [4.69, 9.17) is 11.6 Å². The number of nitrogens with zero attached hydrogens (tertiary/aromatic N) is 2. The monoisotopic (exact) mass is 380 g/mol. The van der Waals surface area contributed by atoms with E-state index >= 15 is 0 Å². The van der Waals surface area contributed by atoms with Crippen molar-refractivity contribution in [2.75, 3.05) is 0 Å². The van der Waals surface area contributed by atoms with E-state index in [1.54, 1.807) is 30.6 Å². The van der Waals surface area contributed by atoms with E-state index < -0.39 is 0 Å². The number of hydrogen-bond donors (Lipinski definition) is 2. The van der Waals surface area contributed by atoms with Gasteiger partial charge in [0.05, 0.1) is 0 Å². The molecule has 3 aromatic rings. The minimum absolute atomic E-state index is 0.163. The molecule has 0 spiro atoms. The molecule has 27 heavy (non-hydrogen) atoms. The van der Waals surface area contributed by atoms with Crippen molar-refractivity contribution in [1.82, 2.24) is 20.6 Å². The predicted molar refractivity (Wildman–Crippen MR) is 102 cm³/mol. The maximum Gasteiger partial charge on any atom is 0.270 e. The Hall–Kier alpha value is -3.25. The highest BCUT2D eigenvalue weighted by atomic mass is 35.5. The molecule has 2 aromatic heterocycles. The second-order valence-corrected chi connectivity index (χ2v) is 6.15. The first-order valence-corrected chi connectivity index (χ1v) is 8.66. The van der Waals surface area contributed by atoms with Crippen LogP contribution in [0.1, 0.15) is 32.0 Å². The number of hydrogen-bond acceptors (Lipinski definition) is 4. The normalized spacial score (nSPS) is 10.3. The molecule has 0 fully saturated rings. The smallest absolute Gasteiger partial charge is 0.270 e. The molecule has 6 nitrogen and oxygen atoms in total. The minimum Gasteiger partial charge on any atom is -0.348 e. The maximum atomic E-state index is 12.3. The lowest BCUT2D eigenvalue weighted by Crippen LogP contribution is -2.26. The largest absolute Gasteiger partial charge is 0.348 e. The van der Waals surface area contributed by atoms with Crippen LogP contribution in [-0.2, 0) is 13.1 Å². The quantitative estimate of drug-likeness (QED) is 0.688. The molecule has 0 saturated heterocycles. The van der Waals surface area contributed by atoms with Crippen LogP contribution in [0, 0.1) is 0 Å². The second kappa shape index (κ2) is 8.91. The number of carbonyl (C=O) groups excluding carboxylic acids is 2. The van der Waals surface area contributed by atoms with Gasteiger partial charge < -0.3 is 10.6 Å². The third-order valence-electron chi connectivity index (χ3n) is 3.83. The van der Waals surface area contributed by atoms with Gasteiger partial charge in [-0.25, -0.2) is 0 Å². The summed E-state index contributed by atoms with van der Waals surface area (Å²) in [4.78, 5) is 32.7. The number of nitrogens with one attached hydrogen (secondary N) is 2. The summed E-state index contributed by atoms with van der Waals surface area (Å²) in [6, 6.07) is 13.9. The van der Waals surface area contributed by atoms with Crippen molar-refractivity contribution in [3.63, 3.8) is 0 Å². The number of amides is 2. The predicted octanol–water partition coefficient (Wildman–Crippen LogP) is 2.99. The molecular formula is C20H17ClN4O2. The van der Waals surface area contributed by atoms with Crippen LogP contribution in [0.5, 0.6) is 0 Å². The number of aromatic nitrogens is 2. The first kappa shape index (κ1) is 18.5. The molecule has 0 aliphatic carbocycles. The molecule has 0 atom stereocenters. The van der Waals surface area contributed by atoms with E-state index in [0.29, 0.717) is 17.1 Å². The van der Waals surface area contributed by atoms with Gasteiger partial charge in [-0.1, -0.05) is 35.9 Å². The van der Waals surface area contributed by atoms with Gasteiger partial charge in [0.1, 0.15) is 5.69 Å². The van der Waals surface area contributed by atoms with Gasteiger partial charge in [0.2, 0.25) is 0 Å². The fourth-order valence-corrected chi connectivity index (χ4v) is 2.59. The molecule has 0 saturated carbocycles. The molecule has 2 amide bonds. The Morgan fingerprint density at radius 3 is 2.52 bits per heavy atom. The van der Waals surface area contributed by atoms with Crippen molar-refractivity contribution in [2.45, 2.75) is 13.1 Å². The van der Waals surface area contributed by atoms with Gasteiger partial charge in [-0.3, -0.25) is 19.6 Å². The highest BCUT2D eigenvalue weighted by Crippen LogP contribution is 2.14. The van der Waals surface area contributed by atoms with Gasteiger partial charge in [-0.2, -0.15) is 0 Å². The number of benzene rings is 1. The van der Waals surface area contributed by atoms with Gasteiger partial charge in [0.25, 0.3) is 11.8 Å². The minimum atomic E-state index is -0.378. The summed E-state index contributed by atoms with van der Waals surface area (Å²) in [5.74, 6) is -0.668. The Kier molecular flexibility index (Phi) is 6.12. The van der Waals surface area contributed by atoms with E-state index in [0.717, 1.165) is 11.1 Å². The average Bonchev–Trinajstić information content (AvgIpc) is 2.72. The van der Waals surface area contributed by atoms with Gasteiger partial charge in [0.15, 0.2) is 0 Å². The van der Waals surface area contributed by atoms with Crippen LogP contribution in [0.4, 0.5) is 0 Å². The third-order valence-corrected chi connectivity index (χ3v) is 4.20. The molecule has 3 rings (SSSR count). The van der Waals surface area contributed by atoms with Gasteiger partial charge in [-0.05, 0) is 35.4 Å². The Morgan fingerprint density at radius 1 is 0.926 bits per heavy atom. The van der Waals surface area contributed by atoms with Crippen LogP contribution in [0.25, 0.3) is 0 Å². The van der Waals surface area contributed by atoms with E-state index in [9.17, 15) is 9.59 Å². The summed E-state index contributed by atoms with van der Waals surface area (Å²) in [5.41, 5.74) is 2.21. The maximum absolute atomic E-state index is 12.3. The number of halogens is 1. The van der Waals surface area contributed by atoms with Gasteiger partial charge >= 0.3 is 0 Å². The fraction of sp³-hybridized carbons (Fsp3) is 0.100. The van der Waals surface area contributed by atoms with E-state index in [1.807, 2.05) is 24.3 Å². The Bertz CT molecular complexity index is 947. The molecule has 0 aliphatic heterocycles. The Labute approximate surface area is 161 Å². The number of rotatable bonds is 6. The summed E-state index contributed by atoms with van der Waals surface area (Å²) in [7, 11) is 0. The van der Waals surface area contributed by atoms with Crippen LogP contribution < -0.4 is 10.6 Å². The summed E-state index contributed by atoms with van der Waals surface area (Å²) in [5, 5.41) is 6.12. The summed E-state index contributed by atoms with van der Waals surface area (Å²) < 4.78 is 0. The summed E-state index contributed by atoms with van der Waals surface area (Å²) in [6.45, 7) is 0.626. The standard InChI is InChI=1S/C20H17ClN4O2/c21-17-6-2-1-5-16(17)13-25-20(27)18-10-15(7-9-23-18)19(26)24-12-14-4-3-8-22-11-14/h1-11H,12-13H2,(H,24,26)(H,25,27). The lowest BCUT2D eigenvalue weighted by molar-refractivity contribution is 0.0946. The molecule has 136 valence electrons. The molecule has 2 N–H and O–H groups in total. The van der Waals surface area contributed by atoms with Gasteiger partial charge in [-0.15, -0.1) is 0 Å². The zero-order valence-electron chi connectivity index (χ0n) is 14.4. The highest BCUT2D eigenvalue weighted by molar-refractivity contribution is 6.31. The van der Waals surface area contributed by atoms with Crippen molar-refractivity contribution in [1.29, 1.82) is 0 Å². The van der Waals surface area contributed by atoms with Crippen LogP contribution in [0.3, 0.4) is 0 Å². The van der Waals surface area contributed by atoms with E-state index in [2.05, 4.69) is 20.6 Å². The molecule has 0 aliphatic rings. The van der Waals surface area contributed by atoms with Crippen molar-refractivity contribution in [2.24, 2.45) is 0 Å². The Balaban J connectivity index is 1.61. The van der Waals surface area contributed by atoms with E-state index in [-0.39, 0.29) is 24.1 Å². The topological polar surface area (TPSA) is 84.0 Å². The first-order valence-electron chi connectivity index (χ1n) is 8.28. The molecule has 2 heterocycles. The summed E-state index contributed by atoms with van der Waals surface area (Å²) >= 11 is 6.08. The molecule has 1 aromatic carbocycles. The zero-order valence-corrected chi connectivity index (χ0v) is 15.1. The Morgan fingerprint density at radius 2 is 1.74 bits per heavy atom. The van der Waals surface area contributed by atoms with Crippen molar-refractivity contribution in [3.8, 4) is 0 Å². The summed E-state index contributed by atoms with van der Waals surface area (Å²) in [6.07, 6.45) is 4.78. The van der Waals surface area contributed by atoms with Crippen LogP contribution in [0.15, 0.2) is 67.1 Å². The molecule has 7 heteroatoms. The van der Waals surface area contributed by atoms with Crippen LogP contribution >= 0.6 is 11.6 Å². The van der Waals surface area contributed by atoms with E-state index in [1.165, 1.54) is 12.3 Å². The number of carbonyl (C=O) groups is 2. The SMILES string of the molecule is O=C(NCc1cccnc1)c1ccnc(C(=O)NCc2ccccc2Cl)c1. The lowest BCUT2D eigenvalue weighted by Gasteiger charge is -2.08. The fourth-order valence-electron chi connectivity index (χ4n) is 2.39. The average molecular weight is 381 g/mol. The van der Waals surface area contributed by atoms with Crippen LogP contribution in [-0.4, -0.2) is 21.8 Å². The highest BCUT2D eigenvalue weighted by Gasteiger charge is 2.12.